The van der Waals surface area contributed by atoms with Crippen LogP contribution in [0.3, 0.4) is 0 Å². The summed E-state index contributed by atoms with van der Waals surface area (Å²) in [5.74, 6) is -2.17. The van der Waals surface area contributed by atoms with Gasteiger partial charge < -0.3 is 5.11 Å². The highest BCUT2D eigenvalue weighted by Gasteiger charge is 2.32. The average molecular weight is 328 g/mol. The van der Waals surface area contributed by atoms with E-state index in [4.69, 9.17) is 5.11 Å². The molecule has 1 aliphatic rings. The summed E-state index contributed by atoms with van der Waals surface area (Å²) >= 11 is 0. The molecule has 8 nitrogen and oxygen atoms in total. The topological polar surface area (TPSA) is 121 Å². The van der Waals surface area contributed by atoms with Crippen LogP contribution >= 0.6 is 0 Å². The molecule has 1 aliphatic heterocycles. The third kappa shape index (κ3) is 5.00. The van der Waals surface area contributed by atoms with Crippen molar-refractivity contribution in [2.24, 2.45) is 5.92 Å². The molecule has 1 heterocycles. The lowest BCUT2D eigenvalue weighted by atomic mass is 10.0. The Kier molecular flexibility index (Phi) is 5.92. The lowest BCUT2D eigenvalue weighted by Crippen LogP contribution is -2.44. The minimum Gasteiger partial charge on any atom is -0.481 e. The number of carboxylic acid groups (broad SMARTS) is 1. The predicted molar refractivity (Wildman–Crippen MR) is 73.2 cm³/mol. The fourth-order valence-electron chi connectivity index (χ4n) is 1.95. The average Bonchev–Trinajstić information content (AvgIpc) is 2.38. The molecule has 0 aromatic heterocycles. The molecule has 0 amide bonds. The van der Waals surface area contributed by atoms with Crippen LogP contribution in [0.5, 0.6) is 0 Å². The van der Waals surface area contributed by atoms with Crippen molar-refractivity contribution in [1.82, 2.24) is 9.03 Å². The second kappa shape index (κ2) is 6.83. The van der Waals surface area contributed by atoms with Crippen molar-refractivity contribution >= 4 is 26.0 Å². The first kappa shape index (κ1) is 17.3. The van der Waals surface area contributed by atoms with E-state index < -0.39 is 31.9 Å². The van der Waals surface area contributed by atoms with Crippen LogP contribution in [0.4, 0.5) is 0 Å². The number of nitrogens with zero attached hydrogens (tertiary/aromatic N) is 1. The summed E-state index contributed by atoms with van der Waals surface area (Å²) in [6, 6.07) is 0. The zero-order chi connectivity index (χ0) is 15.4. The summed E-state index contributed by atoms with van der Waals surface area (Å²) < 4.78 is 49.8. The van der Waals surface area contributed by atoms with Gasteiger partial charge in [-0.15, -0.1) is 0 Å². The van der Waals surface area contributed by atoms with Gasteiger partial charge in [0.1, 0.15) is 0 Å². The molecule has 1 rings (SSSR count). The van der Waals surface area contributed by atoms with E-state index in [0.717, 1.165) is 4.31 Å². The van der Waals surface area contributed by atoms with Crippen molar-refractivity contribution in [2.45, 2.75) is 19.8 Å². The first-order valence-electron chi connectivity index (χ1n) is 6.36. The molecule has 0 radical (unpaired) electrons. The van der Waals surface area contributed by atoms with Crippen LogP contribution in [0.1, 0.15) is 19.8 Å². The largest absolute Gasteiger partial charge is 0.481 e. The van der Waals surface area contributed by atoms with E-state index in [1.54, 1.807) is 0 Å². The van der Waals surface area contributed by atoms with E-state index in [9.17, 15) is 21.6 Å². The highest BCUT2D eigenvalue weighted by Crippen LogP contribution is 2.19. The van der Waals surface area contributed by atoms with Gasteiger partial charge in [0.15, 0.2) is 0 Å². The van der Waals surface area contributed by atoms with Gasteiger partial charge >= 0.3 is 5.97 Å². The molecule has 1 saturated heterocycles. The number of carbonyl (C=O) groups is 1. The molecule has 1 atom stereocenters. The van der Waals surface area contributed by atoms with Gasteiger partial charge in [0.2, 0.25) is 20.0 Å². The van der Waals surface area contributed by atoms with Gasteiger partial charge in [-0.2, -0.15) is 0 Å². The van der Waals surface area contributed by atoms with Crippen LogP contribution in [-0.2, 0) is 24.8 Å². The molecule has 0 aromatic rings. The van der Waals surface area contributed by atoms with Gasteiger partial charge in [0.05, 0.1) is 17.4 Å². The van der Waals surface area contributed by atoms with Gasteiger partial charge in [0.25, 0.3) is 0 Å². The molecule has 0 aromatic carbocycles. The molecule has 20 heavy (non-hydrogen) atoms. The van der Waals surface area contributed by atoms with Gasteiger partial charge in [0, 0.05) is 19.6 Å². The van der Waals surface area contributed by atoms with Crippen LogP contribution in [0, 0.1) is 5.92 Å². The Morgan fingerprint density at radius 3 is 2.55 bits per heavy atom. The lowest BCUT2D eigenvalue weighted by molar-refractivity contribution is -0.142. The highest BCUT2D eigenvalue weighted by molar-refractivity contribution is 7.90. The van der Waals surface area contributed by atoms with Crippen molar-refractivity contribution in [3.63, 3.8) is 0 Å². The van der Waals surface area contributed by atoms with Gasteiger partial charge in [-0.1, -0.05) is 0 Å². The summed E-state index contributed by atoms with van der Waals surface area (Å²) in [4.78, 5) is 10.9. The molecule has 118 valence electrons. The Morgan fingerprint density at radius 2 is 2.00 bits per heavy atom. The van der Waals surface area contributed by atoms with Crippen LogP contribution in [0.15, 0.2) is 0 Å². The fourth-order valence-corrected chi connectivity index (χ4v) is 4.13. The summed E-state index contributed by atoms with van der Waals surface area (Å²) in [5.41, 5.74) is 0. The Balaban J connectivity index is 2.58. The minimum atomic E-state index is -3.64. The first-order valence-corrected chi connectivity index (χ1v) is 9.62. The number of nitrogens with one attached hydrogen (secondary N) is 1. The fraction of sp³-hybridized carbons (Fsp3) is 0.900. The number of hydrogen-bond acceptors (Lipinski definition) is 5. The maximum Gasteiger partial charge on any atom is 0.307 e. The van der Waals surface area contributed by atoms with Crippen LogP contribution in [0.2, 0.25) is 0 Å². The number of carboxylic acids is 1. The summed E-state index contributed by atoms with van der Waals surface area (Å²) in [6.45, 7) is 1.50. The van der Waals surface area contributed by atoms with E-state index in [1.165, 1.54) is 6.92 Å². The van der Waals surface area contributed by atoms with Crippen molar-refractivity contribution in [1.29, 1.82) is 0 Å². The summed E-state index contributed by atoms with van der Waals surface area (Å²) in [5, 5.41) is 8.92. The number of hydrogen-bond donors (Lipinski definition) is 2. The zero-order valence-electron chi connectivity index (χ0n) is 11.3. The van der Waals surface area contributed by atoms with Crippen molar-refractivity contribution < 1.29 is 26.7 Å². The van der Waals surface area contributed by atoms with E-state index in [0.29, 0.717) is 12.8 Å². The number of rotatable bonds is 7. The molecular weight excluding hydrogens is 308 g/mol. The van der Waals surface area contributed by atoms with Crippen LogP contribution in [-0.4, -0.2) is 63.4 Å². The summed E-state index contributed by atoms with van der Waals surface area (Å²) in [7, 11) is -7.06. The SMILES string of the molecule is CCS(=O)(=O)NCCS(=O)(=O)N1CCCC(C(=O)O)C1. The molecule has 0 bridgehead atoms. The highest BCUT2D eigenvalue weighted by atomic mass is 32.2. The van der Waals surface area contributed by atoms with Crippen LogP contribution < -0.4 is 4.72 Å². The van der Waals surface area contributed by atoms with Gasteiger partial charge in [-0.3, -0.25) is 4.79 Å². The van der Waals surface area contributed by atoms with Gasteiger partial charge in [-0.05, 0) is 19.8 Å². The Morgan fingerprint density at radius 1 is 1.35 bits per heavy atom. The van der Waals surface area contributed by atoms with E-state index in [2.05, 4.69) is 4.72 Å². The molecule has 1 fully saturated rings. The normalized spacial score (nSPS) is 21.8. The molecule has 0 aliphatic carbocycles. The Bertz CT molecular complexity index is 542. The second-order valence-electron chi connectivity index (χ2n) is 4.65. The molecule has 1 unspecified atom stereocenters. The second-order valence-corrected chi connectivity index (χ2v) is 8.83. The Labute approximate surface area is 119 Å². The smallest absolute Gasteiger partial charge is 0.307 e. The zero-order valence-corrected chi connectivity index (χ0v) is 12.9. The third-order valence-electron chi connectivity index (χ3n) is 3.19. The predicted octanol–water partition coefficient (Wildman–Crippen LogP) is -0.948. The van der Waals surface area contributed by atoms with E-state index in [-0.39, 0.29) is 31.1 Å². The van der Waals surface area contributed by atoms with E-state index in [1.807, 2.05) is 0 Å². The maximum absolute atomic E-state index is 12.0. The van der Waals surface area contributed by atoms with Crippen molar-refractivity contribution in [3.8, 4) is 0 Å². The quantitative estimate of drug-likeness (QED) is 0.622. The number of aliphatic carboxylic acids is 1. The molecule has 2 N–H and O–H groups in total. The number of sulfonamides is 2. The molecular formula is C10H20N2O6S2. The molecule has 0 saturated carbocycles. The first-order chi connectivity index (χ1) is 9.18. The molecule has 0 spiro atoms. The van der Waals surface area contributed by atoms with Crippen LogP contribution in [0.25, 0.3) is 0 Å². The maximum atomic E-state index is 12.0. The standard InChI is InChI=1S/C10H20N2O6S2/c1-2-19(15,16)11-5-7-20(17,18)12-6-3-4-9(8-12)10(13)14/h9,11H,2-8H2,1H3,(H,13,14). The number of piperidine rings is 1. The van der Waals surface area contributed by atoms with E-state index >= 15 is 0 Å². The molecule has 10 heteroatoms. The minimum absolute atomic E-state index is 0.0435. The van der Waals surface area contributed by atoms with Crippen molar-refractivity contribution in [2.75, 3.05) is 31.1 Å². The summed E-state index contributed by atoms with van der Waals surface area (Å²) in [6.07, 6.45) is 0.959. The third-order valence-corrected chi connectivity index (χ3v) is 6.43. The Hall–Kier alpha value is -0.710. The van der Waals surface area contributed by atoms with Gasteiger partial charge in [-0.25, -0.2) is 25.9 Å². The van der Waals surface area contributed by atoms with Crippen molar-refractivity contribution in [3.05, 3.63) is 0 Å². The lowest BCUT2D eigenvalue weighted by Gasteiger charge is -2.29. The monoisotopic (exact) mass is 328 g/mol.